The minimum atomic E-state index is -0.731. The van der Waals surface area contributed by atoms with Crippen LogP contribution in [0.4, 0.5) is 30.9 Å². The van der Waals surface area contributed by atoms with Crippen molar-refractivity contribution in [3.05, 3.63) is 42.2 Å². The maximum atomic E-state index is 13.4. The van der Waals surface area contributed by atoms with Gasteiger partial charge in [-0.3, -0.25) is 0 Å². The summed E-state index contributed by atoms with van der Waals surface area (Å²) < 4.78 is 26.4. The van der Waals surface area contributed by atoms with Crippen LogP contribution in [0, 0.1) is 11.6 Å². The number of halogens is 2. The molecule has 0 aliphatic rings. The van der Waals surface area contributed by atoms with Crippen molar-refractivity contribution in [3.8, 4) is 0 Å². The van der Waals surface area contributed by atoms with Crippen LogP contribution in [-0.2, 0) is 0 Å². The Bertz CT molecular complexity index is 646. The smallest absolute Gasteiger partial charge is 0.323 e. The minimum Gasteiger partial charge on any atom is -0.347 e. The summed E-state index contributed by atoms with van der Waals surface area (Å²) >= 11 is 0. The van der Waals surface area contributed by atoms with Gasteiger partial charge in [-0.25, -0.2) is 23.5 Å². The van der Waals surface area contributed by atoms with E-state index in [2.05, 4.69) is 20.6 Å². The van der Waals surface area contributed by atoms with Gasteiger partial charge >= 0.3 is 6.03 Å². The molecular formula is C13H13F2N5O. The van der Waals surface area contributed by atoms with Crippen LogP contribution in [0.5, 0.6) is 0 Å². The lowest BCUT2D eigenvalue weighted by Crippen LogP contribution is -2.21. The Morgan fingerprint density at radius 3 is 2.43 bits per heavy atom. The molecule has 0 radical (unpaired) electrons. The van der Waals surface area contributed by atoms with Crippen LogP contribution >= 0.6 is 0 Å². The van der Waals surface area contributed by atoms with Crippen molar-refractivity contribution in [2.45, 2.75) is 0 Å². The maximum absolute atomic E-state index is 13.4. The van der Waals surface area contributed by atoms with Crippen LogP contribution in [0.1, 0.15) is 0 Å². The molecule has 1 heterocycles. The topological polar surface area (TPSA) is 70.2 Å². The molecule has 8 heteroatoms. The van der Waals surface area contributed by atoms with Crippen LogP contribution < -0.4 is 15.5 Å². The first-order chi connectivity index (χ1) is 9.95. The number of hydrogen-bond donors (Lipinski definition) is 2. The molecule has 110 valence electrons. The summed E-state index contributed by atoms with van der Waals surface area (Å²) in [6.07, 6.45) is 2.81. The number of carbonyl (C=O) groups is 1. The summed E-state index contributed by atoms with van der Waals surface area (Å²) in [6.45, 7) is 0. The van der Waals surface area contributed by atoms with Gasteiger partial charge in [0, 0.05) is 20.2 Å². The van der Waals surface area contributed by atoms with Gasteiger partial charge in [0.15, 0.2) is 0 Å². The lowest BCUT2D eigenvalue weighted by Gasteiger charge is -2.11. The van der Waals surface area contributed by atoms with Crippen LogP contribution in [0.25, 0.3) is 0 Å². The monoisotopic (exact) mass is 293 g/mol. The molecule has 0 saturated carbocycles. The van der Waals surface area contributed by atoms with Gasteiger partial charge in [-0.2, -0.15) is 0 Å². The third-order valence-corrected chi connectivity index (χ3v) is 2.47. The number of carbonyl (C=O) groups excluding carboxylic acids is 1. The normalized spacial score (nSPS) is 10.1. The average molecular weight is 293 g/mol. The molecule has 0 saturated heterocycles. The van der Waals surface area contributed by atoms with Gasteiger partial charge in [-0.05, 0) is 12.1 Å². The van der Waals surface area contributed by atoms with Crippen molar-refractivity contribution in [2.75, 3.05) is 29.6 Å². The SMILES string of the molecule is CN(C)c1ncc(NC(=O)Nc2cc(F)ccc2F)cn1. The second-order valence-corrected chi connectivity index (χ2v) is 4.37. The van der Waals surface area contributed by atoms with E-state index >= 15 is 0 Å². The number of nitrogens with one attached hydrogen (secondary N) is 2. The van der Waals surface area contributed by atoms with Gasteiger partial charge in [0.25, 0.3) is 0 Å². The maximum Gasteiger partial charge on any atom is 0.323 e. The quantitative estimate of drug-likeness (QED) is 0.912. The molecule has 0 fully saturated rings. The highest BCUT2D eigenvalue weighted by Gasteiger charge is 2.09. The number of benzene rings is 1. The van der Waals surface area contributed by atoms with Crippen molar-refractivity contribution < 1.29 is 13.6 Å². The molecule has 1 aromatic heterocycles. The molecule has 0 aliphatic heterocycles. The predicted octanol–water partition coefficient (Wildman–Crippen LogP) is 2.46. The third kappa shape index (κ3) is 3.85. The van der Waals surface area contributed by atoms with Gasteiger partial charge in [-0.15, -0.1) is 0 Å². The summed E-state index contributed by atoms with van der Waals surface area (Å²) in [5.41, 5.74) is 0.0771. The summed E-state index contributed by atoms with van der Waals surface area (Å²) in [5.74, 6) is -0.895. The summed E-state index contributed by atoms with van der Waals surface area (Å²) in [6, 6.07) is 2.06. The first kappa shape index (κ1) is 14.6. The molecule has 0 atom stereocenters. The highest BCUT2D eigenvalue weighted by molar-refractivity contribution is 5.99. The van der Waals surface area contributed by atoms with Crippen molar-refractivity contribution in [2.24, 2.45) is 0 Å². The molecule has 6 nitrogen and oxygen atoms in total. The zero-order valence-electron chi connectivity index (χ0n) is 11.4. The van der Waals surface area contributed by atoms with E-state index in [0.717, 1.165) is 18.2 Å². The van der Waals surface area contributed by atoms with Crippen molar-refractivity contribution >= 4 is 23.4 Å². The Balaban J connectivity index is 2.03. The highest BCUT2D eigenvalue weighted by Crippen LogP contribution is 2.16. The highest BCUT2D eigenvalue weighted by atomic mass is 19.1. The van der Waals surface area contributed by atoms with E-state index in [4.69, 9.17) is 0 Å². The molecule has 0 unspecified atom stereocenters. The van der Waals surface area contributed by atoms with E-state index in [1.54, 1.807) is 19.0 Å². The number of hydrogen-bond acceptors (Lipinski definition) is 4. The number of urea groups is 1. The molecule has 2 amide bonds. The van der Waals surface area contributed by atoms with E-state index in [0.29, 0.717) is 11.6 Å². The second kappa shape index (κ2) is 6.12. The second-order valence-electron chi connectivity index (χ2n) is 4.37. The summed E-state index contributed by atoms with van der Waals surface area (Å²) in [5, 5.41) is 4.63. The molecule has 1 aromatic carbocycles. The van der Waals surface area contributed by atoms with E-state index in [1.807, 2.05) is 0 Å². The molecule has 2 aromatic rings. The number of rotatable bonds is 3. The Kier molecular flexibility index (Phi) is 4.27. The number of aromatic nitrogens is 2. The number of nitrogens with zero attached hydrogens (tertiary/aromatic N) is 3. The Morgan fingerprint density at radius 2 is 1.81 bits per heavy atom. The molecule has 2 rings (SSSR count). The van der Waals surface area contributed by atoms with Crippen LogP contribution in [-0.4, -0.2) is 30.1 Å². The van der Waals surface area contributed by atoms with Gasteiger partial charge in [0.05, 0.1) is 23.8 Å². The Morgan fingerprint density at radius 1 is 1.14 bits per heavy atom. The fraction of sp³-hybridized carbons (Fsp3) is 0.154. The molecule has 0 spiro atoms. The van der Waals surface area contributed by atoms with Gasteiger partial charge in [0.2, 0.25) is 5.95 Å². The summed E-state index contributed by atoms with van der Waals surface area (Å²) in [4.78, 5) is 21.4. The lowest BCUT2D eigenvalue weighted by molar-refractivity contribution is 0.262. The standard InChI is InChI=1S/C13H13F2N5O/c1-20(2)12-16-6-9(7-17-12)18-13(21)19-11-5-8(14)3-4-10(11)15/h3-7H,1-2H3,(H2,18,19,21). The molecule has 0 aliphatic carbocycles. The fourth-order valence-electron chi connectivity index (χ4n) is 1.49. The predicted molar refractivity (Wildman–Crippen MR) is 75.4 cm³/mol. The number of amides is 2. The fourth-order valence-corrected chi connectivity index (χ4v) is 1.49. The van der Waals surface area contributed by atoms with Crippen molar-refractivity contribution in [1.29, 1.82) is 0 Å². The van der Waals surface area contributed by atoms with Crippen molar-refractivity contribution in [1.82, 2.24) is 9.97 Å². The molecular weight excluding hydrogens is 280 g/mol. The van der Waals surface area contributed by atoms with Crippen molar-refractivity contribution in [3.63, 3.8) is 0 Å². The third-order valence-electron chi connectivity index (χ3n) is 2.47. The molecule has 21 heavy (non-hydrogen) atoms. The van der Waals surface area contributed by atoms with Gasteiger partial charge < -0.3 is 15.5 Å². The Labute approximate surface area is 119 Å². The molecule has 0 bridgehead atoms. The average Bonchev–Trinajstić information content (AvgIpc) is 2.43. The largest absolute Gasteiger partial charge is 0.347 e. The number of anilines is 3. The zero-order chi connectivity index (χ0) is 15.4. The van der Waals surface area contributed by atoms with Crippen LogP contribution in [0.2, 0.25) is 0 Å². The van der Waals surface area contributed by atoms with E-state index in [1.165, 1.54) is 12.4 Å². The van der Waals surface area contributed by atoms with E-state index < -0.39 is 17.7 Å². The van der Waals surface area contributed by atoms with E-state index in [-0.39, 0.29) is 5.69 Å². The minimum absolute atomic E-state index is 0.252. The van der Waals surface area contributed by atoms with Crippen LogP contribution in [0.3, 0.4) is 0 Å². The van der Waals surface area contributed by atoms with Gasteiger partial charge in [0.1, 0.15) is 11.6 Å². The molecule has 2 N–H and O–H groups in total. The summed E-state index contributed by atoms with van der Waals surface area (Å²) in [7, 11) is 3.56. The van der Waals surface area contributed by atoms with Crippen LogP contribution in [0.15, 0.2) is 30.6 Å². The lowest BCUT2D eigenvalue weighted by atomic mass is 10.3. The van der Waals surface area contributed by atoms with E-state index in [9.17, 15) is 13.6 Å². The zero-order valence-corrected chi connectivity index (χ0v) is 11.4. The van der Waals surface area contributed by atoms with Gasteiger partial charge in [-0.1, -0.05) is 0 Å². The first-order valence-corrected chi connectivity index (χ1v) is 5.98. The Hall–Kier alpha value is -2.77. The first-order valence-electron chi connectivity index (χ1n) is 5.98.